The minimum absolute atomic E-state index is 0.0815. The Kier molecular flexibility index (Phi) is 3.13. The molecule has 1 aromatic rings. The van der Waals surface area contributed by atoms with Crippen LogP contribution in [0.15, 0.2) is 11.1 Å². The second-order valence-electron chi connectivity index (χ2n) is 4.34. The zero-order chi connectivity index (χ0) is 12.6. The van der Waals surface area contributed by atoms with E-state index in [4.69, 9.17) is 5.73 Å². The van der Waals surface area contributed by atoms with Crippen molar-refractivity contribution in [2.45, 2.75) is 43.7 Å². The van der Waals surface area contributed by atoms with Crippen molar-refractivity contribution in [3.63, 3.8) is 0 Å². The Hall–Kier alpha value is -1.08. The predicted molar refractivity (Wildman–Crippen MR) is 64.9 cm³/mol. The normalized spacial score (nSPS) is 17.4. The van der Waals surface area contributed by atoms with Gasteiger partial charge in [0.1, 0.15) is 4.90 Å². The molecule has 2 N–H and O–H groups in total. The van der Waals surface area contributed by atoms with Gasteiger partial charge in [-0.05, 0) is 19.8 Å². The number of anilines is 1. The molecular formula is C10H18N4O2S. The zero-order valence-corrected chi connectivity index (χ0v) is 10.9. The number of sulfonamides is 1. The van der Waals surface area contributed by atoms with Crippen LogP contribution in [0.3, 0.4) is 0 Å². The lowest BCUT2D eigenvalue weighted by Gasteiger charge is -2.33. The summed E-state index contributed by atoms with van der Waals surface area (Å²) in [6, 6.07) is 0.115. The molecule has 0 aliphatic heterocycles. The van der Waals surface area contributed by atoms with Gasteiger partial charge in [0.15, 0.2) is 5.82 Å². The summed E-state index contributed by atoms with van der Waals surface area (Å²) in [6.07, 6.45) is 4.45. The molecule has 0 spiro atoms. The summed E-state index contributed by atoms with van der Waals surface area (Å²) in [5.41, 5.74) is 5.66. The first-order valence-corrected chi connectivity index (χ1v) is 7.21. The van der Waals surface area contributed by atoms with Crippen molar-refractivity contribution in [3.8, 4) is 0 Å². The van der Waals surface area contributed by atoms with Crippen molar-refractivity contribution in [1.82, 2.24) is 14.1 Å². The molecule has 1 aliphatic carbocycles. The van der Waals surface area contributed by atoms with Crippen LogP contribution in [0.1, 0.15) is 26.2 Å². The van der Waals surface area contributed by atoms with E-state index in [-0.39, 0.29) is 16.8 Å². The lowest BCUT2D eigenvalue weighted by atomic mass is 9.94. The Bertz CT molecular complexity index is 504. The van der Waals surface area contributed by atoms with Gasteiger partial charge in [0, 0.05) is 25.8 Å². The van der Waals surface area contributed by atoms with Crippen LogP contribution in [0.5, 0.6) is 0 Å². The minimum Gasteiger partial charge on any atom is -0.381 e. The van der Waals surface area contributed by atoms with E-state index in [2.05, 4.69) is 5.10 Å². The van der Waals surface area contributed by atoms with Crippen molar-refractivity contribution < 1.29 is 8.42 Å². The van der Waals surface area contributed by atoms with E-state index < -0.39 is 10.0 Å². The maximum absolute atomic E-state index is 12.3. The van der Waals surface area contributed by atoms with E-state index in [0.717, 1.165) is 19.3 Å². The number of rotatable bonds is 4. The number of aryl methyl sites for hydroxylation is 1. The largest absolute Gasteiger partial charge is 0.381 e. The van der Waals surface area contributed by atoms with Crippen LogP contribution in [0.4, 0.5) is 5.82 Å². The van der Waals surface area contributed by atoms with Crippen molar-refractivity contribution in [2.24, 2.45) is 0 Å². The summed E-state index contributed by atoms with van der Waals surface area (Å²) in [4.78, 5) is 0.119. The summed E-state index contributed by atoms with van der Waals surface area (Å²) in [5, 5.41) is 3.97. The maximum Gasteiger partial charge on any atom is 0.248 e. The van der Waals surface area contributed by atoms with E-state index in [1.807, 2.05) is 6.92 Å². The highest BCUT2D eigenvalue weighted by atomic mass is 32.2. The van der Waals surface area contributed by atoms with Gasteiger partial charge in [-0.1, -0.05) is 6.42 Å². The number of hydrogen-bond acceptors (Lipinski definition) is 4. The number of hydrogen-bond donors (Lipinski definition) is 1. The topological polar surface area (TPSA) is 81.2 Å². The monoisotopic (exact) mass is 258 g/mol. The Labute approximate surface area is 101 Å². The average Bonchev–Trinajstić information content (AvgIpc) is 2.57. The molecule has 0 aromatic carbocycles. The van der Waals surface area contributed by atoms with E-state index in [1.54, 1.807) is 7.05 Å². The van der Waals surface area contributed by atoms with Crippen LogP contribution >= 0.6 is 0 Å². The molecule has 0 unspecified atom stereocenters. The van der Waals surface area contributed by atoms with Crippen LogP contribution < -0.4 is 5.73 Å². The van der Waals surface area contributed by atoms with Gasteiger partial charge in [0.05, 0.1) is 0 Å². The summed E-state index contributed by atoms with van der Waals surface area (Å²) in [7, 11) is -1.88. The molecule has 0 amide bonds. The van der Waals surface area contributed by atoms with Crippen LogP contribution in [0.2, 0.25) is 0 Å². The third-order valence-corrected chi connectivity index (χ3v) is 5.25. The molecule has 0 atom stereocenters. The van der Waals surface area contributed by atoms with Crippen molar-refractivity contribution in [1.29, 1.82) is 0 Å². The van der Waals surface area contributed by atoms with E-state index >= 15 is 0 Å². The van der Waals surface area contributed by atoms with Crippen LogP contribution in [-0.4, -0.2) is 35.6 Å². The predicted octanol–water partition coefficient (Wildman–Crippen LogP) is 0.658. The first-order valence-electron chi connectivity index (χ1n) is 5.77. The number of nitrogen functional groups attached to an aromatic ring is 1. The van der Waals surface area contributed by atoms with Gasteiger partial charge in [-0.3, -0.25) is 4.68 Å². The Morgan fingerprint density at radius 3 is 2.65 bits per heavy atom. The summed E-state index contributed by atoms with van der Waals surface area (Å²) >= 11 is 0. The van der Waals surface area contributed by atoms with E-state index in [0.29, 0.717) is 6.54 Å². The Morgan fingerprint density at radius 2 is 2.24 bits per heavy atom. The quantitative estimate of drug-likeness (QED) is 0.860. The highest BCUT2D eigenvalue weighted by Gasteiger charge is 2.34. The second kappa shape index (κ2) is 4.30. The lowest BCUT2D eigenvalue weighted by Crippen LogP contribution is -2.41. The molecule has 1 heterocycles. The molecule has 1 aliphatic rings. The number of nitrogens with two attached hydrogens (primary N) is 1. The SMILES string of the molecule is CCn1cc(S(=O)(=O)N(C)C2CCC2)c(N)n1. The number of nitrogens with zero attached hydrogens (tertiary/aromatic N) is 3. The molecule has 0 bridgehead atoms. The van der Waals surface area contributed by atoms with Gasteiger partial charge in [-0.25, -0.2) is 8.42 Å². The molecule has 17 heavy (non-hydrogen) atoms. The highest BCUT2D eigenvalue weighted by molar-refractivity contribution is 7.89. The molecule has 1 saturated carbocycles. The van der Waals surface area contributed by atoms with Gasteiger partial charge in [0.2, 0.25) is 10.0 Å². The van der Waals surface area contributed by atoms with Gasteiger partial charge < -0.3 is 5.73 Å². The Morgan fingerprint density at radius 1 is 1.59 bits per heavy atom. The van der Waals surface area contributed by atoms with Gasteiger partial charge >= 0.3 is 0 Å². The summed E-state index contributed by atoms with van der Waals surface area (Å²) in [5.74, 6) is 0.0815. The van der Waals surface area contributed by atoms with Crippen molar-refractivity contribution in [3.05, 3.63) is 6.20 Å². The highest BCUT2D eigenvalue weighted by Crippen LogP contribution is 2.29. The first kappa shape index (κ1) is 12.4. The molecule has 0 saturated heterocycles. The van der Waals surface area contributed by atoms with Gasteiger partial charge in [0.25, 0.3) is 0 Å². The lowest BCUT2D eigenvalue weighted by molar-refractivity contribution is 0.250. The molecule has 7 heteroatoms. The fraction of sp³-hybridized carbons (Fsp3) is 0.700. The fourth-order valence-electron chi connectivity index (χ4n) is 1.88. The molecule has 96 valence electrons. The molecular weight excluding hydrogens is 240 g/mol. The second-order valence-corrected chi connectivity index (χ2v) is 6.31. The van der Waals surface area contributed by atoms with Crippen LogP contribution in [-0.2, 0) is 16.6 Å². The fourth-order valence-corrected chi connectivity index (χ4v) is 3.35. The zero-order valence-electron chi connectivity index (χ0n) is 10.1. The third kappa shape index (κ3) is 2.04. The standard InChI is InChI=1S/C10H18N4O2S/c1-3-14-7-9(10(11)12-14)17(15,16)13(2)8-5-4-6-8/h7-8H,3-6H2,1-2H3,(H2,11,12). The molecule has 2 rings (SSSR count). The average molecular weight is 258 g/mol. The number of aromatic nitrogens is 2. The molecule has 1 aromatic heterocycles. The van der Waals surface area contributed by atoms with Crippen LogP contribution in [0, 0.1) is 0 Å². The van der Waals surface area contributed by atoms with Crippen molar-refractivity contribution >= 4 is 15.8 Å². The van der Waals surface area contributed by atoms with E-state index in [9.17, 15) is 8.42 Å². The van der Waals surface area contributed by atoms with E-state index in [1.165, 1.54) is 15.2 Å². The summed E-state index contributed by atoms with van der Waals surface area (Å²) in [6.45, 7) is 2.49. The first-order chi connectivity index (χ1) is 7.96. The van der Waals surface area contributed by atoms with Gasteiger partial charge in [-0.15, -0.1) is 0 Å². The van der Waals surface area contributed by atoms with Gasteiger partial charge in [-0.2, -0.15) is 9.40 Å². The maximum atomic E-state index is 12.3. The smallest absolute Gasteiger partial charge is 0.248 e. The summed E-state index contributed by atoms with van der Waals surface area (Å²) < 4.78 is 27.6. The molecule has 6 nitrogen and oxygen atoms in total. The van der Waals surface area contributed by atoms with Crippen molar-refractivity contribution in [2.75, 3.05) is 12.8 Å². The molecule has 1 fully saturated rings. The Balaban J connectivity index is 2.33. The molecule has 0 radical (unpaired) electrons. The third-order valence-electron chi connectivity index (χ3n) is 3.32. The van der Waals surface area contributed by atoms with Crippen LogP contribution in [0.25, 0.3) is 0 Å². The minimum atomic E-state index is -3.49.